The van der Waals surface area contributed by atoms with Crippen molar-refractivity contribution >= 4 is 39.1 Å². The van der Waals surface area contributed by atoms with E-state index < -0.39 is 5.91 Å². The van der Waals surface area contributed by atoms with Gasteiger partial charge in [-0.15, -0.1) is 0 Å². The van der Waals surface area contributed by atoms with Crippen LogP contribution >= 0.6 is 15.9 Å². The van der Waals surface area contributed by atoms with E-state index in [1.54, 1.807) is 24.3 Å². The molecule has 2 aromatic carbocycles. The predicted molar refractivity (Wildman–Crippen MR) is 91.0 cm³/mol. The number of anilines is 2. The molecule has 0 aliphatic rings. The Balaban J connectivity index is 1.91. The van der Waals surface area contributed by atoms with Crippen molar-refractivity contribution in [3.8, 4) is 0 Å². The lowest BCUT2D eigenvalue weighted by molar-refractivity contribution is -0.114. The average Bonchev–Trinajstić information content (AvgIpc) is 2.48. The van der Waals surface area contributed by atoms with Crippen molar-refractivity contribution in [1.29, 1.82) is 0 Å². The number of hydrogen-bond donors (Lipinski definition) is 3. The molecule has 5 nitrogen and oxygen atoms in total. The van der Waals surface area contributed by atoms with Crippen LogP contribution in [0.1, 0.15) is 15.9 Å². The van der Waals surface area contributed by atoms with Gasteiger partial charge in [0, 0.05) is 15.7 Å². The molecule has 0 heterocycles. The standard InChI is InChI=1S/C16H16BrN3O2/c1-10-2-7-14(13(17)8-10)20-15(21)9-19-12-5-3-11(4-6-12)16(18)22/h2-8,19H,9H2,1H3,(H2,18,22)(H,20,21). The molecule has 0 atom stereocenters. The summed E-state index contributed by atoms with van der Waals surface area (Å²) in [5.74, 6) is -0.642. The molecule has 4 N–H and O–H groups in total. The van der Waals surface area contributed by atoms with Crippen molar-refractivity contribution in [2.24, 2.45) is 5.73 Å². The third-order valence-corrected chi connectivity index (χ3v) is 3.68. The molecule has 0 aromatic heterocycles. The molecule has 0 unspecified atom stereocenters. The third-order valence-electron chi connectivity index (χ3n) is 3.02. The average molecular weight is 362 g/mol. The fraction of sp³-hybridized carbons (Fsp3) is 0.125. The molecule has 6 heteroatoms. The molecule has 0 fully saturated rings. The fourth-order valence-corrected chi connectivity index (χ4v) is 2.44. The minimum Gasteiger partial charge on any atom is -0.376 e. The molecular formula is C16H16BrN3O2. The first kappa shape index (κ1) is 16.0. The van der Waals surface area contributed by atoms with Crippen LogP contribution in [0.15, 0.2) is 46.9 Å². The second-order valence-corrected chi connectivity index (χ2v) is 5.68. The van der Waals surface area contributed by atoms with Crippen LogP contribution in [0, 0.1) is 6.92 Å². The van der Waals surface area contributed by atoms with E-state index in [1.165, 1.54) is 0 Å². The SMILES string of the molecule is Cc1ccc(NC(=O)CNc2ccc(C(N)=O)cc2)c(Br)c1. The molecule has 22 heavy (non-hydrogen) atoms. The van der Waals surface area contributed by atoms with Crippen LogP contribution in [0.3, 0.4) is 0 Å². The molecule has 114 valence electrons. The van der Waals surface area contributed by atoms with Crippen molar-refractivity contribution in [2.75, 3.05) is 17.2 Å². The van der Waals surface area contributed by atoms with E-state index >= 15 is 0 Å². The molecule has 2 rings (SSSR count). The van der Waals surface area contributed by atoms with Crippen LogP contribution in [0.5, 0.6) is 0 Å². The number of nitrogens with one attached hydrogen (secondary N) is 2. The Morgan fingerprint density at radius 1 is 1.14 bits per heavy atom. The summed E-state index contributed by atoms with van der Waals surface area (Å²) in [6.45, 7) is 2.10. The van der Waals surface area contributed by atoms with Gasteiger partial charge in [-0.25, -0.2) is 0 Å². The molecular weight excluding hydrogens is 346 g/mol. The Bertz CT molecular complexity index is 699. The predicted octanol–water partition coefficient (Wildman–Crippen LogP) is 2.91. The van der Waals surface area contributed by atoms with Gasteiger partial charge in [-0.05, 0) is 64.8 Å². The zero-order valence-corrected chi connectivity index (χ0v) is 13.6. The summed E-state index contributed by atoms with van der Waals surface area (Å²) >= 11 is 3.41. The smallest absolute Gasteiger partial charge is 0.248 e. The van der Waals surface area contributed by atoms with Gasteiger partial charge < -0.3 is 16.4 Å². The van der Waals surface area contributed by atoms with E-state index in [4.69, 9.17) is 5.73 Å². The van der Waals surface area contributed by atoms with Gasteiger partial charge in [0.1, 0.15) is 0 Å². The number of primary amides is 1. The number of nitrogens with two attached hydrogens (primary N) is 1. The van der Waals surface area contributed by atoms with E-state index in [9.17, 15) is 9.59 Å². The molecule has 0 radical (unpaired) electrons. The van der Waals surface area contributed by atoms with E-state index in [-0.39, 0.29) is 12.5 Å². The van der Waals surface area contributed by atoms with Gasteiger partial charge in [-0.1, -0.05) is 6.07 Å². The lowest BCUT2D eigenvalue weighted by Crippen LogP contribution is -2.22. The van der Waals surface area contributed by atoms with Gasteiger partial charge in [-0.3, -0.25) is 9.59 Å². The van der Waals surface area contributed by atoms with Crippen LogP contribution in [0.4, 0.5) is 11.4 Å². The maximum Gasteiger partial charge on any atom is 0.248 e. The Kier molecular flexibility index (Phi) is 5.16. The van der Waals surface area contributed by atoms with Crippen LogP contribution in [-0.2, 0) is 4.79 Å². The lowest BCUT2D eigenvalue weighted by atomic mass is 10.2. The molecule has 0 bridgehead atoms. The largest absolute Gasteiger partial charge is 0.376 e. The Morgan fingerprint density at radius 3 is 2.41 bits per heavy atom. The number of rotatable bonds is 5. The zero-order chi connectivity index (χ0) is 16.1. The van der Waals surface area contributed by atoms with Crippen molar-refractivity contribution in [3.05, 3.63) is 58.1 Å². The van der Waals surface area contributed by atoms with Crippen molar-refractivity contribution < 1.29 is 9.59 Å². The number of halogens is 1. The first-order valence-corrected chi connectivity index (χ1v) is 7.45. The molecule has 0 aliphatic heterocycles. The van der Waals surface area contributed by atoms with Gasteiger partial charge in [0.05, 0.1) is 12.2 Å². The Hall–Kier alpha value is -2.34. The van der Waals surface area contributed by atoms with Crippen molar-refractivity contribution in [2.45, 2.75) is 6.92 Å². The van der Waals surface area contributed by atoms with E-state index in [1.807, 2.05) is 25.1 Å². The van der Waals surface area contributed by atoms with Gasteiger partial charge in [0.25, 0.3) is 0 Å². The van der Waals surface area contributed by atoms with Crippen LogP contribution in [0.2, 0.25) is 0 Å². The molecule has 0 spiro atoms. The maximum absolute atomic E-state index is 11.9. The molecule has 2 aromatic rings. The zero-order valence-electron chi connectivity index (χ0n) is 12.0. The maximum atomic E-state index is 11.9. The molecule has 0 saturated heterocycles. The number of hydrogen-bond acceptors (Lipinski definition) is 3. The number of carbonyl (C=O) groups is 2. The highest BCUT2D eigenvalue weighted by Crippen LogP contribution is 2.23. The number of carbonyl (C=O) groups excluding carboxylic acids is 2. The monoisotopic (exact) mass is 361 g/mol. The van der Waals surface area contributed by atoms with Crippen LogP contribution in [-0.4, -0.2) is 18.4 Å². The third kappa shape index (κ3) is 4.33. The summed E-state index contributed by atoms with van der Waals surface area (Å²) in [6.07, 6.45) is 0. The highest BCUT2D eigenvalue weighted by Gasteiger charge is 2.06. The van der Waals surface area contributed by atoms with Gasteiger partial charge in [0.2, 0.25) is 11.8 Å². The first-order valence-electron chi connectivity index (χ1n) is 6.65. The molecule has 0 saturated carbocycles. The second-order valence-electron chi connectivity index (χ2n) is 4.83. The van der Waals surface area contributed by atoms with Crippen LogP contribution < -0.4 is 16.4 Å². The van der Waals surface area contributed by atoms with E-state index in [0.29, 0.717) is 5.56 Å². The van der Waals surface area contributed by atoms with E-state index in [0.717, 1.165) is 21.4 Å². The number of benzene rings is 2. The number of amides is 2. The quantitative estimate of drug-likeness (QED) is 0.765. The van der Waals surface area contributed by atoms with Crippen LogP contribution in [0.25, 0.3) is 0 Å². The van der Waals surface area contributed by atoms with Crippen molar-refractivity contribution in [3.63, 3.8) is 0 Å². The summed E-state index contributed by atoms with van der Waals surface area (Å²) in [7, 11) is 0. The lowest BCUT2D eigenvalue weighted by Gasteiger charge is -2.10. The van der Waals surface area contributed by atoms with Gasteiger partial charge in [-0.2, -0.15) is 0 Å². The molecule has 0 aliphatic carbocycles. The molecule has 2 amide bonds. The first-order chi connectivity index (χ1) is 10.5. The van der Waals surface area contributed by atoms with Gasteiger partial charge >= 0.3 is 0 Å². The highest BCUT2D eigenvalue weighted by atomic mass is 79.9. The summed E-state index contributed by atoms with van der Waals surface area (Å²) in [5.41, 5.74) is 8.17. The fourth-order valence-electron chi connectivity index (χ4n) is 1.85. The van der Waals surface area contributed by atoms with E-state index in [2.05, 4.69) is 26.6 Å². The van der Waals surface area contributed by atoms with Gasteiger partial charge in [0.15, 0.2) is 0 Å². The summed E-state index contributed by atoms with van der Waals surface area (Å²) in [5, 5.41) is 5.80. The Labute approximate surface area is 137 Å². The normalized spacial score (nSPS) is 10.1. The minimum atomic E-state index is -0.478. The topological polar surface area (TPSA) is 84.2 Å². The summed E-state index contributed by atoms with van der Waals surface area (Å²) in [4.78, 5) is 22.9. The summed E-state index contributed by atoms with van der Waals surface area (Å²) < 4.78 is 0.840. The summed E-state index contributed by atoms with van der Waals surface area (Å²) in [6, 6.07) is 12.3. The number of aryl methyl sites for hydroxylation is 1. The van der Waals surface area contributed by atoms with Crippen molar-refractivity contribution in [1.82, 2.24) is 0 Å². The highest BCUT2D eigenvalue weighted by molar-refractivity contribution is 9.10. The second kappa shape index (κ2) is 7.09. The Morgan fingerprint density at radius 2 is 1.82 bits per heavy atom. The minimum absolute atomic E-state index is 0.121.